The number of ether oxygens (including phenoxy) is 2. The number of carbonyl (C=O) groups is 1. The quantitative estimate of drug-likeness (QED) is 0.141. The van der Waals surface area contributed by atoms with Crippen molar-refractivity contribution in [2.75, 3.05) is 13.1 Å². The molecule has 0 amide bonds. The summed E-state index contributed by atoms with van der Waals surface area (Å²) in [6, 6.07) is 0. The maximum Gasteiger partial charge on any atom is 0.305 e. The molecule has 1 unspecified atom stereocenters. The summed E-state index contributed by atoms with van der Waals surface area (Å²) in [5, 5.41) is 0. The van der Waals surface area contributed by atoms with E-state index in [1.165, 1.54) is 44.9 Å². The van der Waals surface area contributed by atoms with E-state index in [0.29, 0.717) is 6.42 Å². The van der Waals surface area contributed by atoms with Gasteiger partial charge in [-0.15, -0.1) is 0 Å². The number of carbonyl (C=O) groups excluding carboxylic acids is 1. The summed E-state index contributed by atoms with van der Waals surface area (Å²) in [6.45, 7) is -2.99. The summed E-state index contributed by atoms with van der Waals surface area (Å²) in [4.78, 5) is 11.7. The van der Waals surface area contributed by atoms with Crippen molar-refractivity contribution < 1.29 is 21.1 Å². The van der Waals surface area contributed by atoms with Crippen LogP contribution in [0.3, 0.4) is 0 Å². The van der Waals surface area contributed by atoms with Crippen molar-refractivity contribution in [1.82, 2.24) is 0 Å². The maximum absolute atomic E-state index is 11.7. The lowest BCUT2D eigenvalue weighted by molar-refractivity contribution is -0.144. The molecule has 0 N–H and O–H groups in total. The van der Waals surface area contributed by atoms with E-state index in [0.717, 1.165) is 32.1 Å². The molecule has 0 aromatic carbocycles. The molecule has 1 rings (SSSR count). The van der Waals surface area contributed by atoms with Crippen molar-refractivity contribution in [1.29, 1.82) is 0 Å². The Kier molecular flexibility index (Phi) is 9.38. The molecule has 1 heterocycles. The van der Waals surface area contributed by atoms with Crippen molar-refractivity contribution in [2.45, 2.75) is 103 Å². The van der Waals surface area contributed by atoms with Gasteiger partial charge in [-0.2, -0.15) is 0 Å². The molecule has 1 atom stereocenters. The zero-order chi connectivity index (χ0) is 21.8. The fourth-order valence-electron chi connectivity index (χ4n) is 2.56. The Balaban J connectivity index is 1.94. The first-order valence-corrected chi connectivity index (χ1v) is 9.73. The maximum atomic E-state index is 11.7. The number of hydrogen-bond acceptors (Lipinski definition) is 3. The molecule has 3 heteroatoms. The van der Waals surface area contributed by atoms with Crippen molar-refractivity contribution in [2.24, 2.45) is 0 Å². The van der Waals surface area contributed by atoms with E-state index in [1.54, 1.807) is 0 Å². The largest absolute Gasteiger partial charge is 0.463 e. The third-order valence-corrected chi connectivity index (χ3v) is 4.10. The summed E-state index contributed by atoms with van der Waals surface area (Å²) >= 11 is 0. The van der Waals surface area contributed by atoms with Gasteiger partial charge in [-0.25, -0.2) is 0 Å². The highest BCUT2D eigenvalue weighted by Gasteiger charge is 2.23. The minimum atomic E-state index is -2.80. The molecule has 0 aliphatic carbocycles. The molecule has 0 saturated carbocycles. The zero-order valence-corrected chi connectivity index (χ0v) is 15.3. The van der Waals surface area contributed by atoms with Crippen LogP contribution in [-0.4, -0.2) is 25.2 Å². The van der Waals surface area contributed by atoms with Crippen LogP contribution in [0.5, 0.6) is 0 Å². The molecule has 0 aromatic rings. The van der Waals surface area contributed by atoms with E-state index in [9.17, 15) is 4.79 Å². The van der Waals surface area contributed by atoms with Crippen LogP contribution in [0.25, 0.3) is 0 Å². The van der Waals surface area contributed by atoms with Crippen LogP contribution in [0, 0.1) is 0 Å². The van der Waals surface area contributed by atoms with Crippen LogP contribution in [0.4, 0.5) is 0 Å². The molecule has 0 radical (unpaired) electrons. The number of epoxide rings is 1. The van der Waals surface area contributed by atoms with Crippen molar-refractivity contribution in [3.8, 4) is 0 Å². The van der Waals surface area contributed by atoms with Crippen LogP contribution < -0.4 is 0 Å². The molecule has 1 saturated heterocycles. The van der Waals surface area contributed by atoms with Gasteiger partial charge in [0, 0.05) is 6.42 Å². The van der Waals surface area contributed by atoms with Crippen LogP contribution >= 0.6 is 0 Å². The first-order valence-electron chi connectivity index (χ1n) is 12.2. The molecule has 24 heavy (non-hydrogen) atoms. The fraction of sp³-hybridized carbons (Fsp3) is 0.857. The topological polar surface area (TPSA) is 38.8 Å². The molecule has 0 spiro atoms. The molecular weight excluding hydrogens is 300 g/mol. The average molecular weight is 344 g/mol. The third kappa shape index (κ3) is 14.7. The summed E-state index contributed by atoms with van der Waals surface area (Å²) in [7, 11) is 0. The predicted octanol–water partition coefficient (Wildman–Crippen LogP) is 5.97. The second kappa shape index (κ2) is 15.7. The lowest BCUT2D eigenvalue weighted by Gasteiger charge is -2.02. The van der Waals surface area contributed by atoms with Gasteiger partial charge in [-0.3, -0.25) is 4.79 Å². The van der Waals surface area contributed by atoms with Crippen molar-refractivity contribution in [3.63, 3.8) is 0 Å². The first kappa shape index (κ1) is 14.4. The molecular formula is C21H38O3. The van der Waals surface area contributed by atoms with Crippen molar-refractivity contribution >= 4 is 5.97 Å². The van der Waals surface area contributed by atoms with Gasteiger partial charge in [0.1, 0.15) is 12.6 Å². The van der Waals surface area contributed by atoms with Gasteiger partial charge in [-0.05, 0) is 32.1 Å². The smallest absolute Gasteiger partial charge is 0.305 e. The van der Waals surface area contributed by atoms with E-state index in [2.05, 4.69) is 28.5 Å². The number of rotatable bonds is 17. The summed E-state index contributed by atoms with van der Waals surface area (Å²) in [5.74, 6) is -0.759. The Morgan fingerprint density at radius 1 is 1.08 bits per heavy atom. The molecule has 1 aliphatic heterocycles. The van der Waals surface area contributed by atoms with Crippen LogP contribution in [0.15, 0.2) is 12.2 Å². The van der Waals surface area contributed by atoms with Crippen LogP contribution in [0.1, 0.15) is 104 Å². The Morgan fingerprint density at radius 2 is 1.62 bits per heavy atom. The van der Waals surface area contributed by atoms with Crippen molar-refractivity contribution in [3.05, 3.63) is 12.2 Å². The SMILES string of the molecule is [2H]C([2H])(OC(=O)CCCCCCC/C=C\CCCCCCCC)C1([2H])OC1([2H])[2H]. The molecule has 3 nitrogen and oxygen atoms in total. The number of unbranched alkanes of at least 4 members (excludes halogenated alkanes) is 11. The van der Waals surface area contributed by atoms with Gasteiger partial charge in [0.25, 0.3) is 0 Å². The van der Waals surface area contributed by atoms with Gasteiger partial charge in [0.15, 0.2) is 0 Å². The number of allylic oxidation sites excluding steroid dienone is 2. The lowest BCUT2D eigenvalue weighted by Crippen LogP contribution is -2.09. The number of hydrogen-bond donors (Lipinski definition) is 0. The van der Waals surface area contributed by atoms with Gasteiger partial charge in [0.05, 0.1) is 13.4 Å². The fourth-order valence-corrected chi connectivity index (χ4v) is 2.56. The first-order chi connectivity index (χ1) is 13.7. The Bertz CT molecular complexity index is 511. The molecule has 0 aromatic heterocycles. The minimum absolute atomic E-state index is 0.0662. The molecule has 1 aliphatic rings. The normalized spacial score (nSPS) is 25.5. The molecule has 1 fully saturated rings. The zero-order valence-electron chi connectivity index (χ0n) is 20.3. The minimum Gasteiger partial charge on any atom is -0.463 e. The summed E-state index contributed by atoms with van der Waals surface area (Å²) in [6.07, 6.45) is 17.1. The van der Waals surface area contributed by atoms with E-state index in [1.807, 2.05) is 0 Å². The van der Waals surface area contributed by atoms with Gasteiger partial charge < -0.3 is 9.47 Å². The van der Waals surface area contributed by atoms with E-state index in [-0.39, 0.29) is 6.42 Å². The van der Waals surface area contributed by atoms with Gasteiger partial charge >= 0.3 is 5.97 Å². The molecule has 140 valence electrons. The van der Waals surface area contributed by atoms with Gasteiger partial charge in [-0.1, -0.05) is 70.4 Å². The van der Waals surface area contributed by atoms with E-state index in [4.69, 9.17) is 6.85 Å². The lowest BCUT2D eigenvalue weighted by atomic mass is 10.1. The second-order valence-electron chi connectivity index (χ2n) is 6.44. The average Bonchev–Trinajstić information content (AvgIpc) is 3.18. The van der Waals surface area contributed by atoms with Gasteiger partial charge in [0.2, 0.25) is 0 Å². The van der Waals surface area contributed by atoms with E-state index < -0.39 is 25.2 Å². The predicted molar refractivity (Wildman–Crippen MR) is 100 cm³/mol. The highest BCUT2D eigenvalue weighted by molar-refractivity contribution is 5.69. The third-order valence-electron chi connectivity index (χ3n) is 4.10. The standard InChI is InChI=1S/C21H38O3/c1-2-3-4-5-6-7-8-9-10-11-12-13-14-15-16-17-21(22)24-19-20-18-23-20/h9-10,20H,2-8,11-19H2,1H3/b10-9-/i18D2,19D2,20D. The highest BCUT2D eigenvalue weighted by atomic mass is 16.6. The number of esters is 1. The Morgan fingerprint density at radius 3 is 2.21 bits per heavy atom. The summed E-state index contributed by atoms with van der Waals surface area (Å²) in [5.41, 5.74) is 0. The van der Waals surface area contributed by atoms with E-state index >= 15 is 0 Å². The molecule has 0 bridgehead atoms. The van der Waals surface area contributed by atoms with Crippen LogP contribution in [-0.2, 0) is 14.3 Å². The monoisotopic (exact) mass is 343 g/mol. The second-order valence-corrected chi connectivity index (χ2v) is 6.44. The Hall–Kier alpha value is -0.830. The Labute approximate surface area is 156 Å². The summed E-state index contributed by atoms with van der Waals surface area (Å²) < 4.78 is 46.3. The van der Waals surface area contributed by atoms with Crippen LogP contribution in [0.2, 0.25) is 0 Å². The highest BCUT2D eigenvalue weighted by Crippen LogP contribution is 2.12.